The summed E-state index contributed by atoms with van der Waals surface area (Å²) >= 11 is 8.95. The molecule has 0 fully saturated rings. The zero-order valence-corrected chi connectivity index (χ0v) is 17.9. The van der Waals surface area contributed by atoms with Crippen LogP contribution in [0.1, 0.15) is 16.8 Å². The Morgan fingerprint density at radius 1 is 1.21 bits per heavy atom. The third-order valence-electron chi connectivity index (χ3n) is 3.70. The van der Waals surface area contributed by atoms with E-state index in [2.05, 4.69) is 26.6 Å². The second-order valence-corrected chi connectivity index (χ2v) is 9.56. The van der Waals surface area contributed by atoms with Crippen LogP contribution in [0.15, 0.2) is 46.9 Å². The van der Waals surface area contributed by atoms with Crippen LogP contribution < -0.4 is 10.6 Å². The summed E-state index contributed by atoms with van der Waals surface area (Å²) in [6, 6.07) is 9.10. The number of anilines is 1. The second kappa shape index (κ2) is 9.49. The lowest BCUT2D eigenvalue weighted by Crippen LogP contribution is -2.44. The van der Waals surface area contributed by atoms with Crippen LogP contribution >= 0.6 is 27.5 Å². The van der Waals surface area contributed by atoms with Gasteiger partial charge in [0.05, 0.1) is 16.3 Å². The van der Waals surface area contributed by atoms with Crippen LogP contribution in [0.2, 0.25) is 5.02 Å². The Labute approximate surface area is 175 Å². The van der Waals surface area contributed by atoms with Crippen molar-refractivity contribution >= 4 is 54.9 Å². The molecule has 0 radical (unpaired) electrons. The lowest BCUT2D eigenvalue weighted by atomic mass is 10.1. The van der Waals surface area contributed by atoms with Crippen LogP contribution in [0.5, 0.6) is 0 Å². The van der Waals surface area contributed by atoms with E-state index >= 15 is 0 Å². The molecule has 0 aliphatic carbocycles. The monoisotopic (exact) mass is 490 g/mol. The first kappa shape index (κ1) is 22.3. The van der Waals surface area contributed by atoms with Crippen LogP contribution in [0.4, 0.5) is 10.1 Å². The van der Waals surface area contributed by atoms with Gasteiger partial charge in [-0.2, -0.15) is 0 Å². The number of carbonyl (C=O) groups excluding carboxylic acids is 2. The van der Waals surface area contributed by atoms with Crippen LogP contribution in [-0.2, 0) is 14.6 Å². The van der Waals surface area contributed by atoms with Crippen molar-refractivity contribution in [1.29, 1.82) is 0 Å². The van der Waals surface area contributed by atoms with E-state index < -0.39 is 33.5 Å². The van der Waals surface area contributed by atoms with Crippen molar-refractivity contribution in [3.05, 3.63) is 63.3 Å². The van der Waals surface area contributed by atoms with Crippen LogP contribution in [0.3, 0.4) is 0 Å². The molecule has 1 unspecified atom stereocenters. The number of rotatable bonds is 7. The molecular formula is C18H17BrClFN2O4S. The van der Waals surface area contributed by atoms with E-state index in [1.807, 2.05) is 0 Å². The highest BCUT2D eigenvalue weighted by molar-refractivity contribution is 9.10. The first-order valence-electron chi connectivity index (χ1n) is 8.06. The van der Waals surface area contributed by atoms with Gasteiger partial charge in [0.25, 0.3) is 5.91 Å². The molecule has 0 spiro atoms. The maximum absolute atomic E-state index is 13.3. The molecule has 6 nitrogen and oxygen atoms in total. The molecule has 2 N–H and O–H groups in total. The first-order chi connectivity index (χ1) is 13.1. The van der Waals surface area contributed by atoms with Crippen LogP contribution in [0, 0.1) is 5.82 Å². The fraction of sp³-hybridized carbons (Fsp3) is 0.222. The van der Waals surface area contributed by atoms with E-state index in [0.717, 1.165) is 12.3 Å². The average molecular weight is 492 g/mol. The predicted octanol–water partition coefficient (Wildman–Crippen LogP) is 3.41. The van der Waals surface area contributed by atoms with E-state index in [1.54, 1.807) is 24.3 Å². The molecule has 0 aliphatic rings. The molecule has 28 heavy (non-hydrogen) atoms. The molecule has 0 aromatic heterocycles. The maximum atomic E-state index is 13.3. The van der Waals surface area contributed by atoms with E-state index in [1.165, 1.54) is 12.1 Å². The Kier molecular flexibility index (Phi) is 7.56. The van der Waals surface area contributed by atoms with Crippen molar-refractivity contribution in [2.45, 2.75) is 12.5 Å². The number of hydrogen-bond acceptors (Lipinski definition) is 4. The summed E-state index contributed by atoms with van der Waals surface area (Å²) in [5.41, 5.74) is 0.514. The van der Waals surface area contributed by atoms with Gasteiger partial charge >= 0.3 is 0 Å². The zero-order valence-electron chi connectivity index (χ0n) is 14.7. The van der Waals surface area contributed by atoms with Crippen LogP contribution in [-0.4, -0.2) is 38.3 Å². The maximum Gasteiger partial charge on any atom is 0.253 e. The summed E-state index contributed by atoms with van der Waals surface area (Å²) in [6.45, 7) is 0. The third-order valence-corrected chi connectivity index (χ3v) is 5.66. The van der Waals surface area contributed by atoms with E-state index in [-0.39, 0.29) is 22.9 Å². The number of nitrogens with one attached hydrogen (secondary N) is 2. The number of halogens is 3. The smallest absolute Gasteiger partial charge is 0.253 e. The Hall–Kier alpha value is -1.97. The molecule has 0 aliphatic heterocycles. The predicted molar refractivity (Wildman–Crippen MR) is 110 cm³/mol. The van der Waals surface area contributed by atoms with Gasteiger partial charge in [-0.05, 0) is 52.7 Å². The van der Waals surface area contributed by atoms with Gasteiger partial charge in [-0.1, -0.05) is 23.7 Å². The Bertz CT molecular complexity index is 1000. The minimum absolute atomic E-state index is 0.129. The number of hydrogen-bond donors (Lipinski definition) is 2. The Balaban J connectivity index is 2.20. The van der Waals surface area contributed by atoms with Gasteiger partial charge in [-0.3, -0.25) is 9.59 Å². The summed E-state index contributed by atoms with van der Waals surface area (Å²) in [4.78, 5) is 25.1. The molecule has 150 valence electrons. The molecule has 0 heterocycles. The van der Waals surface area contributed by atoms with Crippen molar-refractivity contribution in [1.82, 2.24) is 5.32 Å². The van der Waals surface area contributed by atoms with Gasteiger partial charge in [-0.25, -0.2) is 12.8 Å². The Morgan fingerprint density at radius 3 is 2.50 bits per heavy atom. The molecule has 10 heteroatoms. The number of carbonyl (C=O) groups is 2. The molecule has 2 rings (SSSR count). The Morgan fingerprint density at radius 2 is 1.89 bits per heavy atom. The van der Waals surface area contributed by atoms with Crippen molar-refractivity contribution < 1.29 is 22.4 Å². The lowest BCUT2D eigenvalue weighted by molar-refractivity contribution is -0.118. The van der Waals surface area contributed by atoms with E-state index in [4.69, 9.17) is 11.6 Å². The van der Waals surface area contributed by atoms with Gasteiger partial charge in [0.1, 0.15) is 21.7 Å². The van der Waals surface area contributed by atoms with Gasteiger partial charge < -0.3 is 10.6 Å². The largest absolute Gasteiger partial charge is 0.340 e. The molecule has 2 aromatic rings. The van der Waals surface area contributed by atoms with Gasteiger partial charge in [0.15, 0.2) is 0 Å². The molecule has 0 saturated carbocycles. The van der Waals surface area contributed by atoms with E-state index in [0.29, 0.717) is 10.0 Å². The summed E-state index contributed by atoms with van der Waals surface area (Å²) in [7, 11) is -3.36. The van der Waals surface area contributed by atoms with Crippen molar-refractivity contribution in [3.63, 3.8) is 0 Å². The van der Waals surface area contributed by atoms with E-state index in [9.17, 15) is 22.4 Å². The SMILES string of the molecule is CS(=O)(=O)CCC(NC(=O)c1ccccc1Br)C(=O)Nc1ccc(F)c(Cl)c1. The summed E-state index contributed by atoms with van der Waals surface area (Å²) in [5, 5.41) is 4.87. The minimum atomic E-state index is -3.36. The highest BCUT2D eigenvalue weighted by atomic mass is 79.9. The number of benzene rings is 2. The normalized spacial score (nSPS) is 12.3. The van der Waals surface area contributed by atoms with Crippen molar-refractivity contribution in [3.8, 4) is 0 Å². The fourth-order valence-corrected chi connectivity index (χ4v) is 3.59. The second-order valence-electron chi connectivity index (χ2n) is 6.04. The van der Waals surface area contributed by atoms with Crippen molar-refractivity contribution in [2.24, 2.45) is 0 Å². The number of sulfone groups is 1. The lowest BCUT2D eigenvalue weighted by Gasteiger charge is -2.19. The third kappa shape index (κ3) is 6.57. The standard InChI is InChI=1S/C18H17BrClFN2O4S/c1-28(26,27)9-8-16(23-17(24)12-4-2-3-5-13(12)19)18(25)22-11-6-7-15(21)14(20)10-11/h2-7,10,16H,8-9H2,1H3,(H,22,25)(H,23,24). The highest BCUT2D eigenvalue weighted by Gasteiger charge is 2.24. The van der Waals surface area contributed by atoms with Gasteiger partial charge in [-0.15, -0.1) is 0 Å². The summed E-state index contributed by atoms with van der Waals surface area (Å²) in [6.07, 6.45) is 0.910. The first-order valence-corrected chi connectivity index (χ1v) is 11.3. The molecule has 2 aromatic carbocycles. The molecule has 1 atom stereocenters. The molecular weight excluding hydrogens is 475 g/mol. The zero-order chi connectivity index (χ0) is 20.9. The number of amides is 2. The molecule has 0 saturated heterocycles. The average Bonchev–Trinajstić information content (AvgIpc) is 2.61. The van der Waals surface area contributed by atoms with Gasteiger partial charge in [0.2, 0.25) is 5.91 Å². The molecule has 2 amide bonds. The molecule has 0 bridgehead atoms. The highest BCUT2D eigenvalue weighted by Crippen LogP contribution is 2.20. The van der Waals surface area contributed by atoms with Gasteiger partial charge in [0, 0.05) is 16.4 Å². The summed E-state index contributed by atoms with van der Waals surface area (Å²) in [5.74, 6) is -2.13. The van der Waals surface area contributed by atoms with Crippen LogP contribution in [0.25, 0.3) is 0 Å². The summed E-state index contributed by atoms with van der Waals surface area (Å²) < 4.78 is 36.8. The quantitative estimate of drug-likeness (QED) is 0.621. The minimum Gasteiger partial charge on any atom is -0.340 e. The topological polar surface area (TPSA) is 92.3 Å². The van der Waals surface area contributed by atoms with Crippen molar-refractivity contribution in [2.75, 3.05) is 17.3 Å². The fourth-order valence-electron chi connectivity index (χ4n) is 2.29.